The van der Waals surface area contributed by atoms with Crippen LogP contribution in [-0.4, -0.2) is 21.8 Å². The Morgan fingerprint density at radius 1 is 1.50 bits per heavy atom. The van der Waals surface area contributed by atoms with Crippen molar-refractivity contribution in [2.24, 2.45) is 0 Å². The van der Waals surface area contributed by atoms with Gasteiger partial charge in [0.05, 0.1) is 11.9 Å². The summed E-state index contributed by atoms with van der Waals surface area (Å²) in [6, 6.07) is 1.77. The Bertz CT molecular complexity index is 732. The maximum atomic E-state index is 12.2. The van der Waals surface area contributed by atoms with E-state index in [1.54, 1.807) is 17.6 Å². The Morgan fingerprint density at radius 3 is 3.05 bits per heavy atom. The highest BCUT2D eigenvalue weighted by molar-refractivity contribution is 7.13. The number of anilines is 1. The molecule has 2 aromatic rings. The molecule has 102 valence electrons. The lowest BCUT2D eigenvalue weighted by molar-refractivity contribution is 0.102. The highest BCUT2D eigenvalue weighted by Crippen LogP contribution is 2.21. The number of amides is 1. The molecule has 0 bridgehead atoms. The van der Waals surface area contributed by atoms with E-state index in [1.807, 2.05) is 0 Å². The number of aryl methyl sites for hydroxylation is 1. The molecule has 0 fully saturated rings. The van der Waals surface area contributed by atoms with Crippen molar-refractivity contribution in [3.05, 3.63) is 40.0 Å². The van der Waals surface area contributed by atoms with Gasteiger partial charge in [-0.15, -0.1) is 11.3 Å². The van der Waals surface area contributed by atoms with E-state index in [-0.39, 0.29) is 17.0 Å². The van der Waals surface area contributed by atoms with Crippen molar-refractivity contribution in [2.75, 3.05) is 5.32 Å². The molecule has 0 saturated heterocycles. The zero-order chi connectivity index (χ0) is 14.1. The molecule has 2 heterocycles. The van der Waals surface area contributed by atoms with Gasteiger partial charge in [0.15, 0.2) is 5.13 Å². The maximum absolute atomic E-state index is 12.2. The lowest BCUT2D eigenvalue weighted by atomic mass is 10.1. The van der Waals surface area contributed by atoms with Crippen LogP contribution in [0.25, 0.3) is 0 Å². The van der Waals surface area contributed by atoms with Crippen molar-refractivity contribution in [1.29, 1.82) is 10.8 Å². The first-order chi connectivity index (χ1) is 9.70. The zero-order valence-corrected chi connectivity index (χ0v) is 11.5. The summed E-state index contributed by atoms with van der Waals surface area (Å²) < 4.78 is 1.49. The van der Waals surface area contributed by atoms with Gasteiger partial charge < -0.3 is 0 Å². The van der Waals surface area contributed by atoms with E-state index >= 15 is 0 Å². The van der Waals surface area contributed by atoms with Crippen LogP contribution in [0, 0.1) is 10.8 Å². The molecule has 3 N–H and O–H groups in total. The third-order valence-electron chi connectivity index (χ3n) is 3.36. The van der Waals surface area contributed by atoms with Crippen molar-refractivity contribution < 1.29 is 4.79 Å². The Hall–Kier alpha value is -2.28. The molecule has 6 nitrogen and oxygen atoms in total. The maximum Gasteiger partial charge on any atom is 0.261 e. The Morgan fingerprint density at radius 2 is 2.35 bits per heavy atom. The van der Waals surface area contributed by atoms with Gasteiger partial charge in [0.2, 0.25) is 0 Å². The van der Waals surface area contributed by atoms with Crippen LogP contribution < -0.4 is 10.8 Å². The summed E-state index contributed by atoms with van der Waals surface area (Å²) >= 11 is 1.33. The van der Waals surface area contributed by atoms with Gasteiger partial charge in [-0.25, -0.2) is 4.98 Å². The van der Waals surface area contributed by atoms with Crippen LogP contribution in [0.1, 0.15) is 28.0 Å². The second kappa shape index (κ2) is 5.01. The quantitative estimate of drug-likeness (QED) is 0.591. The lowest BCUT2D eigenvalue weighted by Crippen LogP contribution is -2.31. The van der Waals surface area contributed by atoms with Gasteiger partial charge in [0, 0.05) is 17.3 Å². The summed E-state index contributed by atoms with van der Waals surface area (Å²) in [5, 5.41) is 20.5. The molecule has 0 unspecified atom stereocenters. The first-order valence-electron chi connectivity index (χ1n) is 6.24. The summed E-state index contributed by atoms with van der Waals surface area (Å²) in [5.74, 6) is -0.352. The Kier molecular flexibility index (Phi) is 3.19. The van der Waals surface area contributed by atoms with Crippen LogP contribution in [0.4, 0.5) is 5.13 Å². The van der Waals surface area contributed by atoms with Gasteiger partial charge in [-0.2, -0.15) is 0 Å². The average Bonchev–Trinajstić information content (AvgIpc) is 3.08. The third kappa shape index (κ3) is 2.05. The minimum absolute atomic E-state index is 0.0507. The SMILES string of the molecule is N=Cn1c2c(cc(C(=O)Nc3nccs3)c1=N)CCC2. The number of nitrogens with zero attached hydrogens (tertiary/aromatic N) is 2. The molecule has 3 rings (SSSR count). The summed E-state index contributed by atoms with van der Waals surface area (Å²) in [6.45, 7) is 0. The van der Waals surface area contributed by atoms with Crippen LogP contribution in [0.5, 0.6) is 0 Å². The summed E-state index contributed by atoms with van der Waals surface area (Å²) in [5.41, 5.74) is 2.35. The molecule has 1 aliphatic carbocycles. The van der Waals surface area contributed by atoms with Gasteiger partial charge in [-0.05, 0) is 30.9 Å². The number of carbonyl (C=O) groups excluding carboxylic acids is 1. The molecule has 1 aliphatic rings. The molecule has 0 atom stereocenters. The first-order valence-corrected chi connectivity index (χ1v) is 7.12. The number of fused-ring (bicyclic) bond motifs is 1. The normalized spacial score (nSPS) is 13.0. The topological polar surface area (TPSA) is 94.6 Å². The van der Waals surface area contributed by atoms with Crippen molar-refractivity contribution in [3.8, 4) is 0 Å². The molecule has 0 saturated carbocycles. The number of nitrogens with one attached hydrogen (secondary N) is 3. The van der Waals surface area contributed by atoms with E-state index < -0.39 is 0 Å². The predicted octanol–water partition coefficient (Wildman–Crippen LogP) is 1.62. The van der Waals surface area contributed by atoms with Crippen molar-refractivity contribution in [3.63, 3.8) is 0 Å². The predicted molar refractivity (Wildman–Crippen MR) is 76.6 cm³/mol. The number of aromatic nitrogens is 2. The Labute approximate surface area is 119 Å². The first kappa shape index (κ1) is 12.7. The second-order valence-electron chi connectivity index (χ2n) is 4.52. The largest absolute Gasteiger partial charge is 0.298 e. The van der Waals surface area contributed by atoms with Crippen molar-refractivity contribution in [2.45, 2.75) is 19.3 Å². The smallest absolute Gasteiger partial charge is 0.261 e. The molecule has 20 heavy (non-hydrogen) atoms. The molecular weight excluding hydrogens is 274 g/mol. The van der Waals surface area contributed by atoms with Crippen LogP contribution in [0.3, 0.4) is 0 Å². The fourth-order valence-electron chi connectivity index (χ4n) is 2.45. The number of hydrogen-bond donors (Lipinski definition) is 3. The summed E-state index contributed by atoms with van der Waals surface area (Å²) in [4.78, 5) is 16.2. The molecule has 7 heteroatoms. The number of pyridine rings is 1. The number of thiazole rings is 1. The summed E-state index contributed by atoms with van der Waals surface area (Å²) in [6.07, 6.45) is 5.46. The fourth-order valence-corrected chi connectivity index (χ4v) is 2.98. The van der Waals surface area contributed by atoms with Crippen molar-refractivity contribution in [1.82, 2.24) is 9.55 Å². The van der Waals surface area contributed by atoms with Gasteiger partial charge in [0.1, 0.15) is 5.49 Å². The molecular formula is C13H13N5OS. The highest BCUT2D eigenvalue weighted by Gasteiger charge is 2.20. The molecule has 0 aliphatic heterocycles. The second-order valence-corrected chi connectivity index (χ2v) is 5.42. The standard InChI is InChI=1S/C13H13N5OS/c14-7-18-10-3-1-2-8(10)6-9(11(18)15)12(19)17-13-16-4-5-20-13/h4-7,14-15H,1-3H2,(H,16,17,19). The third-order valence-corrected chi connectivity index (χ3v) is 4.05. The molecule has 0 radical (unpaired) electrons. The minimum Gasteiger partial charge on any atom is -0.298 e. The molecule has 0 spiro atoms. The minimum atomic E-state index is -0.352. The van der Waals surface area contributed by atoms with E-state index in [0.717, 1.165) is 36.9 Å². The van der Waals surface area contributed by atoms with Crippen LogP contribution in [0.2, 0.25) is 0 Å². The average molecular weight is 287 g/mol. The lowest BCUT2D eigenvalue weighted by Gasteiger charge is -2.11. The highest BCUT2D eigenvalue weighted by atomic mass is 32.1. The van der Waals surface area contributed by atoms with E-state index in [4.69, 9.17) is 10.8 Å². The Balaban J connectivity index is 2.04. The van der Waals surface area contributed by atoms with E-state index in [0.29, 0.717) is 5.13 Å². The van der Waals surface area contributed by atoms with E-state index in [1.165, 1.54) is 15.9 Å². The van der Waals surface area contributed by atoms with Crippen molar-refractivity contribution >= 4 is 28.7 Å². The zero-order valence-electron chi connectivity index (χ0n) is 10.6. The monoisotopic (exact) mass is 287 g/mol. The van der Waals surface area contributed by atoms with E-state index in [9.17, 15) is 4.79 Å². The van der Waals surface area contributed by atoms with Crippen LogP contribution >= 0.6 is 11.3 Å². The molecule has 1 amide bonds. The molecule has 2 aromatic heterocycles. The van der Waals surface area contributed by atoms with Crippen LogP contribution in [-0.2, 0) is 12.8 Å². The number of carbonyl (C=O) groups is 1. The van der Waals surface area contributed by atoms with Gasteiger partial charge >= 0.3 is 0 Å². The van der Waals surface area contributed by atoms with Gasteiger partial charge in [0.25, 0.3) is 5.91 Å². The van der Waals surface area contributed by atoms with E-state index in [2.05, 4.69) is 10.3 Å². The number of hydrogen-bond acceptors (Lipinski definition) is 5. The van der Waals surface area contributed by atoms with Gasteiger partial charge in [-0.1, -0.05) is 0 Å². The fraction of sp³-hybridized carbons (Fsp3) is 0.231. The number of rotatable bonds is 3. The van der Waals surface area contributed by atoms with Gasteiger partial charge in [-0.3, -0.25) is 25.5 Å². The molecule has 0 aromatic carbocycles. The van der Waals surface area contributed by atoms with Crippen LogP contribution in [0.15, 0.2) is 17.6 Å². The summed E-state index contributed by atoms with van der Waals surface area (Å²) in [7, 11) is 0.